The molecule has 2 rings (SSSR count). The number of benzene rings is 1. The van der Waals surface area contributed by atoms with Crippen molar-refractivity contribution in [3.8, 4) is 0 Å². The van der Waals surface area contributed by atoms with Crippen molar-refractivity contribution in [3.05, 3.63) is 35.1 Å². The van der Waals surface area contributed by atoms with Gasteiger partial charge in [-0.3, -0.25) is 4.79 Å². The molecule has 0 spiro atoms. The Bertz CT molecular complexity index is 470. The van der Waals surface area contributed by atoms with Crippen LogP contribution in [0.1, 0.15) is 28.8 Å². The first-order chi connectivity index (χ1) is 9.61. The Kier molecular flexibility index (Phi) is 5.09. The number of hydrogen-bond donors (Lipinski definition) is 1. The maximum atomic E-state index is 13.1. The number of piperidine rings is 1. The number of likely N-dealkylation sites (tertiary alicyclic amines) is 1. The number of nitrogens with zero attached hydrogens (tertiary/aromatic N) is 1. The molecule has 20 heavy (non-hydrogen) atoms. The molecule has 0 radical (unpaired) electrons. The predicted molar refractivity (Wildman–Crippen MR) is 73.1 cm³/mol. The fourth-order valence-corrected chi connectivity index (χ4v) is 2.48. The lowest BCUT2D eigenvalue weighted by atomic mass is 10.0. The summed E-state index contributed by atoms with van der Waals surface area (Å²) >= 11 is 0. The van der Waals surface area contributed by atoms with Crippen LogP contribution in [0.25, 0.3) is 0 Å². The fourth-order valence-electron chi connectivity index (χ4n) is 2.48. The summed E-state index contributed by atoms with van der Waals surface area (Å²) in [6, 6.07) is 4.24. The van der Waals surface area contributed by atoms with Crippen molar-refractivity contribution in [1.29, 1.82) is 0 Å². The van der Waals surface area contributed by atoms with Crippen LogP contribution in [0, 0.1) is 12.7 Å². The van der Waals surface area contributed by atoms with Crippen LogP contribution in [0.15, 0.2) is 18.2 Å². The van der Waals surface area contributed by atoms with E-state index < -0.39 is 0 Å². The highest BCUT2D eigenvalue weighted by Gasteiger charge is 2.24. The first kappa shape index (κ1) is 14.9. The molecule has 4 nitrogen and oxygen atoms in total. The fraction of sp³-hybridized carbons (Fsp3) is 0.533. The Balaban J connectivity index is 1.94. The molecule has 0 aromatic heterocycles. The average Bonchev–Trinajstić information content (AvgIpc) is 2.45. The zero-order chi connectivity index (χ0) is 14.5. The monoisotopic (exact) mass is 281 g/mol. The van der Waals surface area contributed by atoms with Gasteiger partial charge in [0.05, 0.1) is 19.3 Å². The van der Waals surface area contributed by atoms with Crippen LogP contribution in [-0.2, 0) is 4.74 Å². The van der Waals surface area contributed by atoms with E-state index in [1.54, 1.807) is 17.9 Å². The van der Waals surface area contributed by atoms with Crippen LogP contribution in [0.2, 0.25) is 0 Å². The van der Waals surface area contributed by atoms with Gasteiger partial charge < -0.3 is 14.7 Å². The molecule has 0 atom stereocenters. The molecule has 1 heterocycles. The molecule has 1 saturated heterocycles. The number of carbonyl (C=O) groups is 1. The van der Waals surface area contributed by atoms with E-state index in [1.165, 1.54) is 12.1 Å². The normalized spacial score (nSPS) is 16.4. The second kappa shape index (κ2) is 6.81. The van der Waals surface area contributed by atoms with Crippen LogP contribution < -0.4 is 0 Å². The van der Waals surface area contributed by atoms with Gasteiger partial charge in [0.25, 0.3) is 5.91 Å². The predicted octanol–water partition coefficient (Wildman–Crippen LogP) is 1.75. The second-order valence-electron chi connectivity index (χ2n) is 5.05. The molecule has 0 bridgehead atoms. The van der Waals surface area contributed by atoms with Gasteiger partial charge in [0.1, 0.15) is 5.82 Å². The summed E-state index contributed by atoms with van der Waals surface area (Å²) in [5, 5.41) is 8.72. The Hall–Kier alpha value is -1.46. The molecule has 0 aliphatic carbocycles. The van der Waals surface area contributed by atoms with Gasteiger partial charge in [-0.25, -0.2) is 4.39 Å². The zero-order valence-corrected chi connectivity index (χ0v) is 11.6. The van der Waals surface area contributed by atoms with Gasteiger partial charge in [-0.1, -0.05) is 0 Å². The molecule has 1 aromatic rings. The van der Waals surface area contributed by atoms with Crippen LogP contribution >= 0.6 is 0 Å². The Morgan fingerprint density at radius 2 is 2.15 bits per heavy atom. The molecule has 1 amide bonds. The lowest BCUT2D eigenvalue weighted by molar-refractivity contribution is -0.00555. The van der Waals surface area contributed by atoms with Crippen molar-refractivity contribution in [2.45, 2.75) is 25.9 Å². The number of halogens is 1. The third-order valence-electron chi connectivity index (χ3n) is 3.59. The summed E-state index contributed by atoms with van der Waals surface area (Å²) in [5.41, 5.74) is 1.22. The molecule has 5 heteroatoms. The number of hydrogen-bond acceptors (Lipinski definition) is 3. The number of aryl methyl sites for hydroxylation is 1. The largest absolute Gasteiger partial charge is 0.394 e. The summed E-state index contributed by atoms with van der Waals surface area (Å²) in [5.74, 6) is -0.377. The molecular formula is C15H20FNO3. The number of aliphatic hydroxyl groups is 1. The van der Waals surface area contributed by atoms with Crippen molar-refractivity contribution in [3.63, 3.8) is 0 Å². The highest BCUT2D eigenvalue weighted by atomic mass is 19.1. The zero-order valence-electron chi connectivity index (χ0n) is 11.6. The topological polar surface area (TPSA) is 49.8 Å². The minimum atomic E-state index is -0.324. The molecule has 1 aromatic carbocycles. The van der Waals surface area contributed by atoms with E-state index in [1.807, 2.05) is 0 Å². The summed E-state index contributed by atoms with van der Waals surface area (Å²) in [4.78, 5) is 14.2. The van der Waals surface area contributed by atoms with Crippen LogP contribution in [0.5, 0.6) is 0 Å². The molecule has 1 aliphatic rings. The third-order valence-corrected chi connectivity index (χ3v) is 3.59. The van der Waals surface area contributed by atoms with E-state index in [-0.39, 0.29) is 24.4 Å². The number of amides is 1. The van der Waals surface area contributed by atoms with Crippen molar-refractivity contribution >= 4 is 5.91 Å². The number of carbonyl (C=O) groups excluding carboxylic acids is 1. The molecule has 1 fully saturated rings. The summed E-state index contributed by atoms with van der Waals surface area (Å²) < 4.78 is 18.5. The smallest absolute Gasteiger partial charge is 0.254 e. The SMILES string of the molecule is Cc1cc(F)ccc1C(=O)N1CCC(OCCO)CC1. The van der Waals surface area contributed by atoms with Crippen molar-refractivity contribution in [2.24, 2.45) is 0 Å². The minimum absolute atomic E-state index is 0.0217. The molecule has 1 N–H and O–H groups in total. The maximum Gasteiger partial charge on any atom is 0.254 e. The molecule has 0 unspecified atom stereocenters. The number of rotatable bonds is 4. The maximum absolute atomic E-state index is 13.1. The lowest BCUT2D eigenvalue weighted by Gasteiger charge is -2.32. The van der Waals surface area contributed by atoms with E-state index in [2.05, 4.69) is 0 Å². The Morgan fingerprint density at radius 3 is 2.75 bits per heavy atom. The molecule has 1 aliphatic heterocycles. The Morgan fingerprint density at radius 1 is 1.45 bits per heavy atom. The highest BCUT2D eigenvalue weighted by Crippen LogP contribution is 2.18. The molecule has 110 valence electrons. The highest BCUT2D eigenvalue weighted by molar-refractivity contribution is 5.95. The van der Waals surface area contributed by atoms with Gasteiger partial charge >= 0.3 is 0 Å². The van der Waals surface area contributed by atoms with E-state index >= 15 is 0 Å². The van der Waals surface area contributed by atoms with Gasteiger partial charge in [-0.2, -0.15) is 0 Å². The summed E-state index contributed by atoms with van der Waals surface area (Å²) in [6.07, 6.45) is 1.65. The molecule has 0 saturated carbocycles. The van der Waals surface area contributed by atoms with E-state index in [4.69, 9.17) is 9.84 Å². The van der Waals surface area contributed by atoms with Crippen LogP contribution in [-0.4, -0.2) is 48.3 Å². The van der Waals surface area contributed by atoms with Gasteiger partial charge in [-0.05, 0) is 43.5 Å². The van der Waals surface area contributed by atoms with E-state index in [0.717, 1.165) is 12.8 Å². The van der Waals surface area contributed by atoms with Gasteiger partial charge in [0.2, 0.25) is 0 Å². The molecular weight excluding hydrogens is 261 g/mol. The summed E-state index contributed by atoms with van der Waals surface area (Å²) in [7, 11) is 0. The minimum Gasteiger partial charge on any atom is -0.394 e. The van der Waals surface area contributed by atoms with Crippen LogP contribution in [0.3, 0.4) is 0 Å². The van der Waals surface area contributed by atoms with Crippen molar-refractivity contribution in [2.75, 3.05) is 26.3 Å². The number of ether oxygens (including phenoxy) is 1. The Labute approximate surface area is 118 Å². The first-order valence-electron chi connectivity index (χ1n) is 6.89. The van der Waals surface area contributed by atoms with Gasteiger partial charge in [0.15, 0.2) is 0 Å². The van der Waals surface area contributed by atoms with E-state index in [0.29, 0.717) is 30.8 Å². The van der Waals surface area contributed by atoms with Crippen LogP contribution in [0.4, 0.5) is 4.39 Å². The first-order valence-corrected chi connectivity index (χ1v) is 6.89. The van der Waals surface area contributed by atoms with E-state index in [9.17, 15) is 9.18 Å². The number of aliphatic hydroxyl groups excluding tert-OH is 1. The van der Waals surface area contributed by atoms with Crippen molar-refractivity contribution in [1.82, 2.24) is 4.90 Å². The lowest BCUT2D eigenvalue weighted by Crippen LogP contribution is -2.41. The third kappa shape index (κ3) is 3.55. The quantitative estimate of drug-likeness (QED) is 0.914. The van der Waals surface area contributed by atoms with Gasteiger partial charge in [0, 0.05) is 18.7 Å². The standard InChI is InChI=1S/C15H20FNO3/c1-11-10-12(16)2-3-14(11)15(19)17-6-4-13(5-7-17)20-9-8-18/h2-3,10,13,18H,4-9H2,1H3. The van der Waals surface area contributed by atoms with Crippen molar-refractivity contribution < 1.29 is 19.0 Å². The summed E-state index contributed by atoms with van der Waals surface area (Å²) in [6.45, 7) is 3.37. The van der Waals surface area contributed by atoms with Gasteiger partial charge in [-0.15, -0.1) is 0 Å². The average molecular weight is 281 g/mol. The second-order valence-corrected chi connectivity index (χ2v) is 5.05.